The zero-order valence-corrected chi connectivity index (χ0v) is 16.6. The largest absolute Gasteiger partial charge is 0.382 e. The zero-order chi connectivity index (χ0) is 19.2. The molecule has 0 bridgehead atoms. The minimum Gasteiger partial charge on any atom is -0.382 e. The number of benzene rings is 1. The fraction of sp³-hybridized carbons (Fsp3) is 0.611. The van der Waals surface area contributed by atoms with Gasteiger partial charge in [-0.3, -0.25) is 4.79 Å². The number of sulfonamides is 1. The summed E-state index contributed by atoms with van der Waals surface area (Å²) in [4.78, 5) is 14.6. The molecule has 0 atom stereocenters. The molecule has 0 aromatic heterocycles. The number of piperazine rings is 1. The molecule has 0 aliphatic carbocycles. The summed E-state index contributed by atoms with van der Waals surface area (Å²) in [6.07, 6.45) is 0.720. The quantitative estimate of drug-likeness (QED) is 0.680. The maximum atomic E-state index is 13.0. The lowest BCUT2D eigenvalue weighted by Crippen LogP contribution is -2.47. The lowest BCUT2D eigenvalue weighted by atomic mass is 10.1. The second-order valence-electron chi connectivity index (χ2n) is 6.49. The minimum atomic E-state index is -3.60. The first-order valence-electron chi connectivity index (χ1n) is 9.01. The predicted molar refractivity (Wildman–Crippen MR) is 101 cm³/mol. The molecule has 1 amide bonds. The van der Waals surface area contributed by atoms with E-state index < -0.39 is 10.0 Å². The molecule has 0 radical (unpaired) electrons. The van der Waals surface area contributed by atoms with Crippen LogP contribution in [0.3, 0.4) is 0 Å². The van der Waals surface area contributed by atoms with E-state index in [4.69, 9.17) is 4.74 Å². The first kappa shape index (κ1) is 20.8. The second-order valence-corrected chi connectivity index (χ2v) is 8.40. The van der Waals surface area contributed by atoms with E-state index in [-0.39, 0.29) is 10.8 Å². The van der Waals surface area contributed by atoms with Gasteiger partial charge < -0.3 is 15.0 Å². The van der Waals surface area contributed by atoms with Gasteiger partial charge in [0.25, 0.3) is 5.91 Å². The third-order valence-electron chi connectivity index (χ3n) is 4.49. The van der Waals surface area contributed by atoms with Gasteiger partial charge in [-0.1, -0.05) is 6.07 Å². The van der Waals surface area contributed by atoms with Crippen molar-refractivity contribution in [3.8, 4) is 0 Å². The molecule has 0 saturated carbocycles. The van der Waals surface area contributed by atoms with E-state index in [0.29, 0.717) is 57.1 Å². The fourth-order valence-electron chi connectivity index (χ4n) is 2.81. The molecule has 7 nitrogen and oxygen atoms in total. The van der Waals surface area contributed by atoms with Crippen LogP contribution >= 0.6 is 0 Å². The molecular formula is C18H29N3O4S. The number of nitrogens with one attached hydrogen (secondary N) is 1. The average molecular weight is 384 g/mol. The van der Waals surface area contributed by atoms with Gasteiger partial charge in [-0.05, 0) is 45.0 Å². The molecule has 26 heavy (non-hydrogen) atoms. The number of aryl methyl sites for hydroxylation is 1. The lowest BCUT2D eigenvalue weighted by molar-refractivity contribution is 0.0944. The Morgan fingerprint density at radius 3 is 2.58 bits per heavy atom. The van der Waals surface area contributed by atoms with Crippen LogP contribution in [0.25, 0.3) is 0 Å². The van der Waals surface area contributed by atoms with Gasteiger partial charge in [0.2, 0.25) is 10.0 Å². The van der Waals surface area contributed by atoms with E-state index in [1.54, 1.807) is 19.1 Å². The second kappa shape index (κ2) is 9.45. The highest BCUT2D eigenvalue weighted by atomic mass is 32.2. The van der Waals surface area contributed by atoms with Crippen LogP contribution in [0.4, 0.5) is 0 Å². The molecule has 1 aromatic rings. The van der Waals surface area contributed by atoms with Crippen molar-refractivity contribution in [1.29, 1.82) is 0 Å². The van der Waals surface area contributed by atoms with E-state index in [0.717, 1.165) is 6.42 Å². The normalized spacial score (nSPS) is 16.6. The smallest absolute Gasteiger partial charge is 0.251 e. The summed E-state index contributed by atoms with van der Waals surface area (Å²) in [6, 6.07) is 4.84. The van der Waals surface area contributed by atoms with Crippen LogP contribution in [0.1, 0.15) is 29.3 Å². The summed E-state index contributed by atoms with van der Waals surface area (Å²) in [5, 5.41) is 2.81. The van der Waals surface area contributed by atoms with Crippen LogP contribution in [0.2, 0.25) is 0 Å². The molecule has 8 heteroatoms. The maximum Gasteiger partial charge on any atom is 0.251 e. The van der Waals surface area contributed by atoms with Gasteiger partial charge in [0.1, 0.15) is 0 Å². The third kappa shape index (κ3) is 5.26. The first-order chi connectivity index (χ1) is 12.4. The highest BCUT2D eigenvalue weighted by Crippen LogP contribution is 2.22. The van der Waals surface area contributed by atoms with Crippen molar-refractivity contribution in [1.82, 2.24) is 14.5 Å². The van der Waals surface area contributed by atoms with Crippen molar-refractivity contribution in [2.75, 3.05) is 53.0 Å². The molecule has 1 fully saturated rings. The summed E-state index contributed by atoms with van der Waals surface area (Å²) in [6.45, 7) is 7.76. The fourth-order valence-corrected chi connectivity index (χ4v) is 4.48. The van der Waals surface area contributed by atoms with Crippen molar-refractivity contribution < 1.29 is 17.9 Å². The van der Waals surface area contributed by atoms with Crippen molar-refractivity contribution in [3.63, 3.8) is 0 Å². The van der Waals surface area contributed by atoms with E-state index in [2.05, 4.69) is 10.2 Å². The Morgan fingerprint density at radius 1 is 1.23 bits per heavy atom. The number of carbonyl (C=O) groups is 1. The summed E-state index contributed by atoms with van der Waals surface area (Å²) in [7, 11) is -1.62. The molecule has 0 unspecified atom stereocenters. The number of nitrogens with zero attached hydrogens (tertiary/aromatic N) is 2. The van der Waals surface area contributed by atoms with E-state index in [1.165, 1.54) is 10.4 Å². The number of likely N-dealkylation sites (N-methyl/N-ethyl adjacent to an activating group) is 1. The highest BCUT2D eigenvalue weighted by molar-refractivity contribution is 7.89. The van der Waals surface area contributed by atoms with Crippen LogP contribution in [0.15, 0.2) is 23.1 Å². The van der Waals surface area contributed by atoms with Gasteiger partial charge in [0.15, 0.2) is 0 Å². The van der Waals surface area contributed by atoms with Crippen molar-refractivity contribution in [2.45, 2.75) is 25.2 Å². The summed E-state index contributed by atoms with van der Waals surface area (Å²) in [5.41, 5.74) is 1.01. The lowest BCUT2D eigenvalue weighted by Gasteiger charge is -2.32. The van der Waals surface area contributed by atoms with Gasteiger partial charge in [0, 0.05) is 51.5 Å². The first-order valence-corrected chi connectivity index (χ1v) is 10.5. The van der Waals surface area contributed by atoms with Gasteiger partial charge in [-0.15, -0.1) is 0 Å². The Hall–Kier alpha value is -1.48. The molecule has 1 N–H and O–H groups in total. The van der Waals surface area contributed by atoms with Crippen LogP contribution < -0.4 is 5.32 Å². The van der Waals surface area contributed by atoms with Crippen LogP contribution in [-0.2, 0) is 14.8 Å². The SMILES string of the molecule is CCOCCCNC(=O)c1ccc(C)c(S(=O)(=O)N2CCN(C)CC2)c1. The summed E-state index contributed by atoms with van der Waals surface area (Å²) >= 11 is 0. The summed E-state index contributed by atoms with van der Waals surface area (Å²) in [5.74, 6) is -0.267. The van der Waals surface area contributed by atoms with Gasteiger partial charge >= 0.3 is 0 Å². The minimum absolute atomic E-state index is 0.212. The number of hydrogen-bond acceptors (Lipinski definition) is 5. The van der Waals surface area contributed by atoms with Gasteiger partial charge in [0.05, 0.1) is 4.90 Å². The van der Waals surface area contributed by atoms with Gasteiger partial charge in [-0.25, -0.2) is 8.42 Å². The van der Waals surface area contributed by atoms with Crippen LogP contribution in [-0.4, -0.2) is 76.5 Å². The molecule has 1 heterocycles. The van der Waals surface area contributed by atoms with Crippen molar-refractivity contribution in [3.05, 3.63) is 29.3 Å². The molecule has 0 spiro atoms. The molecular weight excluding hydrogens is 354 g/mol. The maximum absolute atomic E-state index is 13.0. The molecule has 1 aliphatic heterocycles. The molecule has 1 aromatic carbocycles. The zero-order valence-electron chi connectivity index (χ0n) is 15.8. The van der Waals surface area contributed by atoms with E-state index in [9.17, 15) is 13.2 Å². The van der Waals surface area contributed by atoms with Crippen molar-refractivity contribution >= 4 is 15.9 Å². The van der Waals surface area contributed by atoms with Crippen LogP contribution in [0, 0.1) is 6.92 Å². The Kier molecular flexibility index (Phi) is 7.57. The average Bonchev–Trinajstić information content (AvgIpc) is 2.62. The Morgan fingerprint density at radius 2 is 1.92 bits per heavy atom. The van der Waals surface area contributed by atoms with Crippen molar-refractivity contribution in [2.24, 2.45) is 0 Å². The van der Waals surface area contributed by atoms with E-state index >= 15 is 0 Å². The predicted octanol–water partition coefficient (Wildman–Crippen LogP) is 1.09. The van der Waals surface area contributed by atoms with Gasteiger partial charge in [-0.2, -0.15) is 4.31 Å². The standard InChI is InChI=1S/C18H29N3O4S/c1-4-25-13-5-8-19-18(22)16-7-6-15(2)17(14-16)26(23,24)21-11-9-20(3)10-12-21/h6-7,14H,4-5,8-13H2,1-3H3,(H,19,22). The molecule has 1 saturated heterocycles. The number of carbonyl (C=O) groups excluding carboxylic acids is 1. The number of hydrogen-bond donors (Lipinski definition) is 1. The Labute approximate surface area is 156 Å². The number of rotatable bonds is 8. The topological polar surface area (TPSA) is 78.9 Å². The Balaban J connectivity index is 2.10. The Bertz CT molecular complexity index is 713. The number of ether oxygens (including phenoxy) is 1. The molecule has 2 rings (SSSR count). The summed E-state index contributed by atoms with van der Waals surface area (Å²) < 4.78 is 32.7. The van der Waals surface area contributed by atoms with Crippen LogP contribution in [0.5, 0.6) is 0 Å². The molecule has 1 aliphatic rings. The number of amides is 1. The highest BCUT2D eigenvalue weighted by Gasteiger charge is 2.29. The third-order valence-corrected chi connectivity index (χ3v) is 6.53. The monoisotopic (exact) mass is 383 g/mol. The molecule has 146 valence electrons. The van der Waals surface area contributed by atoms with E-state index in [1.807, 2.05) is 14.0 Å².